The van der Waals surface area contributed by atoms with Crippen LogP contribution in [0.3, 0.4) is 0 Å². The quantitative estimate of drug-likeness (QED) is 0.574. The molecule has 3 aromatic rings. The SMILES string of the molecule is NC/C(=C\F)Cn1ncn(Cc2ccc(C#Cc3cnc4c(c3)OCC(=O)N4)s2)c1=O. The lowest BCUT2D eigenvalue weighted by molar-refractivity contribution is -0.118. The maximum Gasteiger partial charge on any atom is 0.346 e. The van der Waals surface area contributed by atoms with Gasteiger partial charge in [0.2, 0.25) is 0 Å². The fourth-order valence-electron chi connectivity index (χ4n) is 2.78. The summed E-state index contributed by atoms with van der Waals surface area (Å²) in [5.74, 6) is 6.69. The lowest BCUT2D eigenvalue weighted by Gasteiger charge is -2.16. The van der Waals surface area contributed by atoms with Crippen molar-refractivity contribution in [3.63, 3.8) is 0 Å². The number of nitrogens with two attached hydrogens (primary N) is 1. The van der Waals surface area contributed by atoms with E-state index in [-0.39, 0.29) is 36.9 Å². The highest BCUT2D eigenvalue weighted by atomic mass is 32.1. The van der Waals surface area contributed by atoms with Crippen molar-refractivity contribution in [2.45, 2.75) is 13.1 Å². The second kappa shape index (κ2) is 8.95. The Balaban J connectivity index is 1.45. The molecule has 0 unspecified atom stereocenters. The van der Waals surface area contributed by atoms with Gasteiger partial charge in [-0.05, 0) is 17.7 Å². The highest BCUT2D eigenvalue weighted by Crippen LogP contribution is 2.25. The van der Waals surface area contributed by atoms with Crippen molar-refractivity contribution in [3.05, 3.63) is 68.4 Å². The second-order valence-electron chi connectivity index (χ2n) is 6.59. The number of carbonyl (C=O) groups excluding carboxylic acids is 1. The van der Waals surface area contributed by atoms with Gasteiger partial charge in [0, 0.05) is 29.2 Å². The van der Waals surface area contributed by atoms with Crippen molar-refractivity contribution in [1.29, 1.82) is 0 Å². The van der Waals surface area contributed by atoms with E-state index in [1.807, 2.05) is 12.1 Å². The van der Waals surface area contributed by atoms with E-state index in [1.54, 1.807) is 12.3 Å². The maximum atomic E-state index is 12.7. The highest BCUT2D eigenvalue weighted by molar-refractivity contribution is 7.12. The summed E-state index contributed by atoms with van der Waals surface area (Å²) >= 11 is 1.45. The number of rotatable bonds is 5. The molecule has 4 heterocycles. The molecule has 0 atom stereocenters. The smallest absolute Gasteiger partial charge is 0.346 e. The molecule has 11 heteroatoms. The van der Waals surface area contributed by atoms with Crippen LogP contribution >= 0.6 is 11.3 Å². The van der Waals surface area contributed by atoms with Crippen molar-refractivity contribution < 1.29 is 13.9 Å². The molecule has 3 N–H and O–H groups in total. The van der Waals surface area contributed by atoms with Gasteiger partial charge in [-0.1, -0.05) is 11.8 Å². The summed E-state index contributed by atoms with van der Waals surface area (Å²) in [5, 5.41) is 6.63. The molecular weight excluding hydrogens is 423 g/mol. The van der Waals surface area contributed by atoms with E-state index < -0.39 is 0 Å². The third-order valence-electron chi connectivity index (χ3n) is 4.35. The number of nitrogens with one attached hydrogen (secondary N) is 1. The number of carbonyl (C=O) groups is 1. The standard InChI is InChI=1S/C20H17FN6O3S/c21-6-14(7-22)9-27-20(29)26(12-24-27)10-16-4-3-15(31-16)2-1-13-5-17-19(23-8-13)25-18(28)11-30-17/h3-6,8,12H,7,9-11,22H2,(H,23,25,28)/b14-6+. The number of pyridine rings is 1. The molecule has 9 nitrogen and oxygen atoms in total. The first-order valence-electron chi connectivity index (χ1n) is 9.19. The maximum absolute atomic E-state index is 12.7. The van der Waals surface area contributed by atoms with Gasteiger partial charge in [-0.15, -0.1) is 11.3 Å². The van der Waals surface area contributed by atoms with Gasteiger partial charge in [-0.2, -0.15) is 5.10 Å². The number of aromatic nitrogens is 4. The Labute approximate surface area is 180 Å². The Bertz CT molecular complexity index is 1280. The highest BCUT2D eigenvalue weighted by Gasteiger charge is 2.17. The summed E-state index contributed by atoms with van der Waals surface area (Å²) in [7, 11) is 0. The number of ether oxygens (including phenoxy) is 1. The van der Waals surface area contributed by atoms with Gasteiger partial charge in [-0.25, -0.2) is 18.9 Å². The molecule has 31 heavy (non-hydrogen) atoms. The first kappa shape index (κ1) is 20.5. The number of thiophene rings is 1. The van der Waals surface area contributed by atoms with E-state index in [0.717, 1.165) is 9.75 Å². The fraction of sp³-hybridized carbons (Fsp3) is 0.200. The van der Waals surface area contributed by atoms with E-state index in [4.69, 9.17) is 10.5 Å². The lowest BCUT2D eigenvalue weighted by Crippen LogP contribution is -2.26. The van der Waals surface area contributed by atoms with Gasteiger partial charge in [0.05, 0.1) is 24.3 Å². The first-order chi connectivity index (χ1) is 15.1. The fourth-order valence-corrected chi connectivity index (χ4v) is 3.64. The van der Waals surface area contributed by atoms with Crippen molar-refractivity contribution >= 4 is 23.1 Å². The number of amides is 1. The third kappa shape index (κ3) is 4.71. The van der Waals surface area contributed by atoms with Crippen LogP contribution in [0.25, 0.3) is 0 Å². The van der Waals surface area contributed by atoms with Crippen LogP contribution in [-0.4, -0.2) is 38.4 Å². The minimum Gasteiger partial charge on any atom is -0.480 e. The Morgan fingerprint density at radius 3 is 3.06 bits per heavy atom. The minimum absolute atomic E-state index is 0.0161. The van der Waals surface area contributed by atoms with Crippen LogP contribution in [0.1, 0.15) is 15.3 Å². The van der Waals surface area contributed by atoms with Crippen LogP contribution in [0.2, 0.25) is 0 Å². The first-order valence-corrected chi connectivity index (χ1v) is 10.0. The molecule has 0 spiro atoms. The van der Waals surface area contributed by atoms with Crippen molar-refractivity contribution in [1.82, 2.24) is 19.3 Å². The van der Waals surface area contributed by atoms with Gasteiger partial charge in [0.25, 0.3) is 5.91 Å². The molecule has 0 fully saturated rings. The van der Waals surface area contributed by atoms with Gasteiger partial charge in [-0.3, -0.25) is 9.36 Å². The largest absolute Gasteiger partial charge is 0.480 e. The van der Waals surface area contributed by atoms with E-state index in [0.29, 0.717) is 30.0 Å². The van der Waals surface area contributed by atoms with Crippen LogP contribution in [-0.2, 0) is 17.9 Å². The zero-order valence-corrected chi connectivity index (χ0v) is 17.0. The molecule has 0 saturated carbocycles. The van der Waals surface area contributed by atoms with Gasteiger partial charge in [0.1, 0.15) is 6.33 Å². The van der Waals surface area contributed by atoms with Gasteiger partial charge < -0.3 is 15.8 Å². The predicted octanol–water partition coefficient (Wildman–Crippen LogP) is 1.09. The van der Waals surface area contributed by atoms with E-state index in [1.165, 1.54) is 26.9 Å². The molecule has 4 rings (SSSR count). The van der Waals surface area contributed by atoms with Crippen LogP contribution in [0.5, 0.6) is 5.75 Å². The van der Waals surface area contributed by atoms with Crippen molar-refractivity contribution in [2.75, 3.05) is 18.5 Å². The Kier molecular flexibility index (Phi) is 5.92. The minimum atomic E-state index is -0.346. The molecule has 1 amide bonds. The summed E-state index contributed by atoms with van der Waals surface area (Å²) in [5.41, 5.74) is 6.02. The van der Waals surface area contributed by atoms with E-state index in [9.17, 15) is 14.0 Å². The molecule has 0 radical (unpaired) electrons. The van der Waals surface area contributed by atoms with Crippen LogP contribution in [0, 0.1) is 11.8 Å². The Morgan fingerprint density at radius 2 is 2.26 bits per heavy atom. The average molecular weight is 440 g/mol. The summed E-state index contributed by atoms with van der Waals surface area (Å²) in [6, 6.07) is 5.47. The number of fused-ring (bicyclic) bond motifs is 1. The van der Waals surface area contributed by atoms with Gasteiger partial charge >= 0.3 is 5.69 Å². The number of hydrogen-bond acceptors (Lipinski definition) is 7. The summed E-state index contributed by atoms with van der Waals surface area (Å²) in [6.45, 7) is 0.315. The molecular formula is C20H17FN6O3S. The molecule has 1 aliphatic heterocycles. The van der Waals surface area contributed by atoms with Crippen molar-refractivity contribution in [3.8, 4) is 17.6 Å². The Morgan fingerprint density at radius 1 is 1.39 bits per heavy atom. The van der Waals surface area contributed by atoms with Crippen LogP contribution in [0.4, 0.5) is 10.2 Å². The molecule has 0 aromatic carbocycles. The molecule has 158 valence electrons. The van der Waals surface area contributed by atoms with Crippen LogP contribution < -0.4 is 21.5 Å². The summed E-state index contributed by atoms with van der Waals surface area (Å²) in [4.78, 5) is 29.6. The second-order valence-corrected chi connectivity index (χ2v) is 7.76. The lowest BCUT2D eigenvalue weighted by atomic mass is 10.2. The average Bonchev–Trinajstić information content (AvgIpc) is 3.37. The number of halogens is 1. The molecule has 1 aliphatic rings. The Hall–Kier alpha value is -3.75. The summed E-state index contributed by atoms with van der Waals surface area (Å²) in [6.07, 6.45) is 3.37. The van der Waals surface area contributed by atoms with Crippen molar-refractivity contribution in [2.24, 2.45) is 5.73 Å². The number of nitrogens with zero attached hydrogens (tertiary/aromatic N) is 4. The van der Waals surface area contributed by atoms with E-state index in [2.05, 4.69) is 27.2 Å². The number of anilines is 1. The number of hydrogen-bond donors (Lipinski definition) is 2. The summed E-state index contributed by atoms with van der Waals surface area (Å²) < 4.78 is 20.6. The zero-order valence-electron chi connectivity index (χ0n) is 16.2. The monoisotopic (exact) mass is 440 g/mol. The molecule has 0 aliphatic carbocycles. The van der Waals surface area contributed by atoms with E-state index >= 15 is 0 Å². The topological polar surface area (TPSA) is 117 Å². The molecule has 0 bridgehead atoms. The molecule has 0 saturated heterocycles. The predicted molar refractivity (Wildman–Crippen MR) is 112 cm³/mol. The third-order valence-corrected chi connectivity index (χ3v) is 5.34. The van der Waals surface area contributed by atoms with Gasteiger partial charge in [0.15, 0.2) is 18.2 Å². The normalized spacial score (nSPS) is 13.1. The van der Waals surface area contributed by atoms with Crippen LogP contribution in [0.15, 0.2) is 47.4 Å². The zero-order chi connectivity index (χ0) is 21.8. The molecule has 3 aromatic heterocycles.